The number of nitrogens with zero attached hydrogens (tertiary/aromatic N) is 4. The lowest BCUT2D eigenvalue weighted by Gasteiger charge is -2.33. The minimum Gasteiger partial charge on any atom is -0.339 e. The van der Waals surface area contributed by atoms with E-state index in [-0.39, 0.29) is 5.91 Å². The summed E-state index contributed by atoms with van der Waals surface area (Å²) in [6.45, 7) is 5.66. The van der Waals surface area contributed by atoms with Gasteiger partial charge in [-0.15, -0.1) is 11.3 Å². The van der Waals surface area contributed by atoms with Crippen LogP contribution in [0.1, 0.15) is 28.3 Å². The third kappa shape index (κ3) is 3.48. The van der Waals surface area contributed by atoms with E-state index in [0.717, 1.165) is 19.5 Å². The molecule has 0 unspecified atom stereocenters. The van der Waals surface area contributed by atoms with E-state index in [1.54, 1.807) is 12.1 Å². The molecule has 0 atom stereocenters. The predicted molar refractivity (Wildman–Crippen MR) is 84.2 cm³/mol. The fraction of sp³-hybridized carbons (Fsp3) is 0.500. The molecule has 1 amide bonds. The highest BCUT2D eigenvalue weighted by Gasteiger charge is 2.24. The maximum atomic E-state index is 12.3. The van der Waals surface area contributed by atoms with Crippen molar-refractivity contribution in [2.75, 3.05) is 26.2 Å². The second kappa shape index (κ2) is 6.76. The molecule has 22 heavy (non-hydrogen) atoms. The molecule has 1 fully saturated rings. The van der Waals surface area contributed by atoms with Gasteiger partial charge in [0.05, 0.1) is 15.8 Å². The van der Waals surface area contributed by atoms with Crippen LogP contribution in [0.25, 0.3) is 0 Å². The summed E-state index contributed by atoms with van der Waals surface area (Å²) < 4.78 is 5.76. The van der Waals surface area contributed by atoms with Gasteiger partial charge < -0.3 is 9.42 Å². The number of aromatic nitrogens is 2. The minimum atomic E-state index is 0.0596. The lowest BCUT2D eigenvalue weighted by atomic mass is 10.3. The molecule has 0 radical (unpaired) electrons. The molecular weight excluding hydrogens is 324 g/mol. The number of piperazine rings is 1. The summed E-state index contributed by atoms with van der Waals surface area (Å²) >= 11 is 7.21. The molecule has 2 aromatic rings. The summed E-state index contributed by atoms with van der Waals surface area (Å²) in [6, 6.07) is 3.55. The van der Waals surface area contributed by atoms with Crippen molar-refractivity contribution in [1.82, 2.24) is 19.9 Å². The zero-order valence-corrected chi connectivity index (χ0v) is 13.9. The van der Waals surface area contributed by atoms with Crippen molar-refractivity contribution in [1.29, 1.82) is 0 Å². The van der Waals surface area contributed by atoms with Crippen LogP contribution in [-0.2, 0) is 13.0 Å². The maximum absolute atomic E-state index is 12.3. The van der Waals surface area contributed by atoms with E-state index >= 15 is 0 Å². The van der Waals surface area contributed by atoms with Gasteiger partial charge >= 0.3 is 0 Å². The van der Waals surface area contributed by atoms with Crippen LogP contribution in [0.2, 0.25) is 4.34 Å². The van der Waals surface area contributed by atoms with Gasteiger partial charge in [0.1, 0.15) is 0 Å². The number of thiophene rings is 1. The fourth-order valence-electron chi connectivity index (χ4n) is 2.39. The summed E-state index contributed by atoms with van der Waals surface area (Å²) in [6.07, 6.45) is 0.749. The molecule has 2 aromatic heterocycles. The average Bonchev–Trinajstić information content (AvgIpc) is 3.16. The van der Waals surface area contributed by atoms with E-state index in [2.05, 4.69) is 15.0 Å². The molecule has 0 aliphatic carbocycles. The number of carbonyl (C=O) groups excluding carboxylic acids is 1. The van der Waals surface area contributed by atoms with E-state index in [0.29, 0.717) is 40.6 Å². The molecule has 6 nitrogen and oxygen atoms in total. The van der Waals surface area contributed by atoms with Crippen molar-refractivity contribution in [3.05, 3.63) is 33.1 Å². The number of hydrogen-bond donors (Lipinski definition) is 0. The Morgan fingerprint density at radius 2 is 2.14 bits per heavy atom. The lowest BCUT2D eigenvalue weighted by molar-refractivity contribution is 0.0629. The Morgan fingerprint density at radius 3 is 2.73 bits per heavy atom. The van der Waals surface area contributed by atoms with Gasteiger partial charge in [0.25, 0.3) is 5.91 Å². The zero-order valence-electron chi connectivity index (χ0n) is 12.3. The molecule has 1 aliphatic heterocycles. The Morgan fingerprint density at radius 1 is 1.36 bits per heavy atom. The number of carbonyl (C=O) groups is 1. The summed E-state index contributed by atoms with van der Waals surface area (Å²) in [4.78, 5) is 21.5. The average molecular weight is 341 g/mol. The van der Waals surface area contributed by atoms with Crippen molar-refractivity contribution >= 4 is 28.8 Å². The van der Waals surface area contributed by atoms with Gasteiger partial charge in [0.2, 0.25) is 5.89 Å². The van der Waals surface area contributed by atoms with Gasteiger partial charge in [-0.3, -0.25) is 9.69 Å². The maximum Gasteiger partial charge on any atom is 0.264 e. The summed E-state index contributed by atoms with van der Waals surface area (Å²) in [5.41, 5.74) is 0. The summed E-state index contributed by atoms with van der Waals surface area (Å²) in [7, 11) is 0. The second-order valence-electron chi connectivity index (χ2n) is 5.13. The van der Waals surface area contributed by atoms with Crippen molar-refractivity contribution in [3.63, 3.8) is 0 Å². The molecule has 118 valence electrons. The van der Waals surface area contributed by atoms with Crippen LogP contribution in [0.15, 0.2) is 16.7 Å². The van der Waals surface area contributed by atoms with Crippen LogP contribution in [0, 0.1) is 0 Å². The van der Waals surface area contributed by atoms with Gasteiger partial charge in [-0.1, -0.05) is 23.7 Å². The number of halogens is 1. The molecule has 0 bridgehead atoms. The molecule has 0 N–H and O–H groups in total. The van der Waals surface area contributed by atoms with Crippen LogP contribution in [-0.4, -0.2) is 52.0 Å². The van der Waals surface area contributed by atoms with Gasteiger partial charge in [0.15, 0.2) is 5.82 Å². The van der Waals surface area contributed by atoms with Crippen LogP contribution in [0.4, 0.5) is 0 Å². The quantitative estimate of drug-likeness (QED) is 0.854. The lowest BCUT2D eigenvalue weighted by Crippen LogP contribution is -2.48. The zero-order chi connectivity index (χ0) is 15.5. The van der Waals surface area contributed by atoms with Gasteiger partial charge in [-0.2, -0.15) is 4.98 Å². The van der Waals surface area contributed by atoms with E-state index < -0.39 is 0 Å². The first kappa shape index (κ1) is 15.5. The smallest absolute Gasteiger partial charge is 0.264 e. The second-order valence-corrected chi connectivity index (χ2v) is 6.85. The van der Waals surface area contributed by atoms with Crippen LogP contribution >= 0.6 is 22.9 Å². The molecule has 8 heteroatoms. The first-order valence-electron chi connectivity index (χ1n) is 7.24. The van der Waals surface area contributed by atoms with Crippen LogP contribution in [0.3, 0.4) is 0 Å². The molecule has 0 saturated carbocycles. The first-order chi connectivity index (χ1) is 10.7. The van der Waals surface area contributed by atoms with Crippen molar-refractivity contribution in [3.8, 4) is 0 Å². The fourth-order valence-corrected chi connectivity index (χ4v) is 3.40. The topological polar surface area (TPSA) is 62.5 Å². The predicted octanol–water partition coefficient (Wildman–Crippen LogP) is 2.30. The van der Waals surface area contributed by atoms with Crippen molar-refractivity contribution in [2.24, 2.45) is 0 Å². The first-order valence-corrected chi connectivity index (χ1v) is 8.43. The Balaban J connectivity index is 1.52. The molecule has 3 heterocycles. The molecule has 0 aromatic carbocycles. The van der Waals surface area contributed by atoms with Gasteiger partial charge in [-0.25, -0.2) is 0 Å². The minimum absolute atomic E-state index is 0.0596. The third-order valence-corrected chi connectivity index (χ3v) is 4.84. The normalized spacial score (nSPS) is 16.2. The molecule has 1 saturated heterocycles. The monoisotopic (exact) mass is 340 g/mol. The van der Waals surface area contributed by atoms with Crippen LogP contribution < -0.4 is 0 Å². The number of aryl methyl sites for hydroxylation is 1. The molecule has 3 rings (SSSR count). The Bertz CT molecular complexity index is 649. The standard InChI is InChI=1S/C14H17ClN4O2S/c1-2-13-16-12(17-21-13)9-18-5-7-19(8-6-18)14(20)10-3-4-11(15)22-10/h3-4H,2,5-9H2,1H3. The van der Waals surface area contributed by atoms with E-state index in [4.69, 9.17) is 16.1 Å². The highest BCUT2D eigenvalue weighted by Crippen LogP contribution is 2.23. The Kier molecular flexibility index (Phi) is 4.75. The van der Waals surface area contributed by atoms with E-state index in [1.165, 1.54) is 11.3 Å². The van der Waals surface area contributed by atoms with Gasteiger partial charge in [-0.05, 0) is 12.1 Å². The van der Waals surface area contributed by atoms with E-state index in [9.17, 15) is 4.79 Å². The highest BCUT2D eigenvalue weighted by atomic mass is 35.5. The summed E-state index contributed by atoms with van der Waals surface area (Å²) in [5, 5.41) is 3.96. The largest absolute Gasteiger partial charge is 0.339 e. The number of rotatable bonds is 4. The Labute approximate surface area is 137 Å². The van der Waals surface area contributed by atoms with Crippen molar-refractivity contribution in [2.45, 2.75) is 19.9 Å². The number of amides is 1. The number of hydrogen-bond acceptors (Lipinski definition) is 6. The SMILES string of the molecule is CCc1nc(CN2CCN(C(=O)c3ccc(Cl)s3)CC2)no1. The van der Waals surface area contributed by atoms with Gasteiger partial charge in [0, 0.05) is 32.6 Å². The molecular formula is C14H17ClN4O2S. The van der Waals surface area contributed by atoms with Crippen molar-refractivity contribution < 1.29 is 9.32 Å². The molecule has 0 spiro atoms. The molecule has 1 aliphatic rings. The third-order valence-electron chi connectivity index (χ3n) is 3.62. The van der Waals surface area contributed by atoms with E-state index in [1.807, 2.05) is 11.8 Å². The Hall–Kier alpha value is -1.44. The highest BCUT2D eigenvalue weighted by molar-refractivity contribution is 7.17. The summed E-state index contributed by atoms with van der Waals surface area (Å²) in [5.74, 6) is 1.43. The van der Waals surface area contributed by atoms with Crippen LogP contribution in [0.5, 0.6) is 0 Å².